The topological polar surface area (TPSA) is 55.8 Å². The molecule has 0 spiro atoms. The highest BCUT2D eigenvalue weighted by atomic mass is 16.5. The van der Waals surface area contributed by atoms with Gasteiger partial charge in [0.2, 0.25) is 0 Å². The van der Waals surface area contributed by atoms with Crippen LogP contribution in [-0.4, -0.2) is 31.2 Å². The van der Waals surface area contributed by atoms with Crippen molar-refractivity contribution in [3.8, 4) is 11.5 Å². The number of aryl methyl sites for hydroxylation is 1. The minimum atomic E-state index is -0.0978. The van der Waals surface area contributed by atoms with Crippen LogP contribution >= 0.6 is 0 Å². The van der Waals surface area contributed by atoms with E-state index in [1.54, 1.807) is 6.07 Å². The second-order valence-corrected chi connectivity index (χ2v) is 3.49. The van der Waals surface area contributed by atoms with Crippen LogP contribution in [0.5, 0.6) is 11.5 Å². The van der Waals surface area contributed by atoms with Gasteiger partial charge in [-0.1, -0.05) is 6.92 Å². The van der Waals surface area contributed by atoms with Gasteiger partial charge in [0.05, 0.1) is 18.8 Å². The number of carbonyl (C=O) groups is 1. The van der Waals surface area contributed by atoms with Gasteiger partial charge >= 0.3 is 0 Å². The van der Waals surface area contributed by atoms with Crippen molar-refractivity contribution >= 4 is 6.29 Å². The zero-order valence-corrected chi connectivity index (χ0v) is 10.2. The van der Waals surface area contributed by atoms with Crippen LogP contribution in [0.15, 0.2) is 12.1 Å². The van der Waals surface area contributed by atoms with Gasteiger partial charge in [0.15, 0.2) is 17.8 Å². The molecule has 94 valence electrons. The van der Waals surface area contributed by atoms with E-state index in [1.807, 2.05) is 19.9 Å². The minimum absolute atomic E-state index is 0.0978. The first-order valence-corrected chi connectivity index (χ1v) is 5.75. The summed E-state index contributed by atoms with van der Waals surface area (Å²) in [4.78, 5) is 11.0. The Labute approximate surface area is 101 Å². The average molecular weight is 238 g/mol. The van der Waals surface area contributed by atoms with Crippen LogP contribution in [0.25, 0.3) is 0 Å². The highest BCUT2D eigenvalue weighted by molar-refractivity contribution is 5.81. The first-order chi connectivity index (χ1) is 8.26. The summed E-state index contributed by atoms with van der Waals surface area (Å²) in [7, 11) is 0. The number of hydrogen-bond acceptors (Lipinski definition) is 4. The third-order valence-corrected chi connectivity index (χ3v) is 2.32. The van der Waals surface area contributed by atoms with E-state index in [1.165, 1.54) is 0 Å². The highest BCUT2D eigenvalue weighted by Crippen LogP contribution is 2.32. The van der Waals surface area contributed by atoms with Crippen molar-refractivity contribution in [2.45, 2.75) is 20.3 Å². The van der Waals surface area contributed by atoms with Crippen LogP contribution in [0.4, 0.5) is 0 Å². The lowest BCUT2D eigenvalue weighted by molar-refractivity contribution is 0.111. The van der Waals surface area contributed by atoms with Gasteiger partial charge in [-0.3, -0.25) is 4.79 Å². The second-order valence-electron chi connectivity index (χ2n) is 3.49. The van der Waals surface area contributed by atoms with Crippen molar-refractivity contribution in [2.75, 3.05) is 19.8 Å². The summed E-state index contributed by atoms with van der Waals surface area (Å²) in [6.45, 7) is 4.43. The summed E-state index contributed by atoms with van der Waals surface area (Å²) in [5.41, 5.74) is 1.48. The molecule has 0 bridgehead atoms. The van der Waals surface area contributed by atoms with Gasteiger partial charge in [0.25, 0.3) is 0 Å². The zero-order chi connectivity index (χ0) is 12.7. The Morgan fingerprint density at radius 3 is 2.59 bits per heavy atom. The van der Waals surface area contributed by atoms with Crippen molar-refractivity contribution in [3.63, 3.8) is 0 Å². The molecule has 0 aliphatic heterocycles. The number of aldehydes is 1. The first-order valence-electron chi connectivity index (χ1n) is 5.75. The van der Waals surface area contributed by atoms with Crippen molar-refractivity contribution in [2.24, 2.45) is 0 Å². The lowest BCUT2D eigenvalue weighted by Crippen LogP contribution is -2.07. The molecule has 0 heterocycles. The second kappa shape index (κ2) is 6.91. The Morgan fingerprint density at radius 2 is 2.06 bits per heavy atom. The van der Waals surface area contributed by atoms with Crippen molar-refractivity contribution in [1.29, 1.82) is 0 Å². The van der Waals surface area contributed by atoms with Gasteiger partial charge < -0.3 is 14.6 Å². The molecular weight excluding hydrogens is 220 g/mol. The molecule has 1 aromatic rings. The molecule has 0 radical (unpaired) electrons. The molecule has 17 heavy (non-hydrogen) atoms. The van der Waals surface area contributed by atoms with E-state index in [4.69, 9.17) is 14.6 Å². The molecular formula is C13H18O4. The predicted octanol–water partition coefficient (Wildman–Crippen LogP) is 1.83. The van der Waals surface area contributed by atoms with E-state index < -0.39 is 0 Å². The van der Waals surface area contributed by atoms with Crippen molar-refractivity contribution in [3.05, 3.63) is 23.3 Å². The Bertz CT molecular complexity index is 374. The fraction of sp³-hybridized carbons (Fsp3) is 0.462. The molecule has 4 nitrogen and oxygen atoms in total. The molecule has 0 fully saturated rings. The van der Waals surface area contributed by atoms with Gasteiger partial charge in [-0.2, -0.15) is 0 Å². The Balaban J connectivity index is 3.14. The van der Waals surface area contributed by atoms with Gasteiger partial charge in [-0.25, -0.2) is 0 Å². The van der Waals surface area contributed by atoms with Crippen LogP contribution < -0.4 is 9.47 Å². The molecule has 4 heteroatoms. The van der Waals surface area contributed by atoms with Crippen LogP contribution in [0.1, 0.15) is 29.8 Å². The van der Waals surface area contributed by atoms with E-state index in [-0.39, 0.29) is 13.2 Å². The maximum atomic E-state index is 11.0. The molecule has 0 aliphatic carbocycles. The molecule has 0 saturated carbocycles. The summed E-state index contributed by atoms with van der Waals surface area (Å²) < 4.78 is 10.8. The Morgan fingerprint density at radius 1 is 1.29 bits per heavy atom. The third-order valence-electron chi connectivity index (χ3n) is 2.32. The summed E-state index contributed by atoms with van der Waals surface area (Å²) >= 11 is 0. The fourth-order valence-corrected chi connectivity index (χ4v) is 1.54. The summed E-state index contributed by atoms with van der Waals surface area (Å²) in [5.74, 6) is 0.968. The maximum absolute atomic E-state index is 11.0. The number of hydrogen-bond donors (Lipinski definition) is 1. The number of benzene rings is 1. The monoisotopic (exact) mass is 238 g/mol. The van der Waals surface area contributed by atoms with Gasteiger partial charge in [-0.15, -0.1) is 0 Å². The summed E-state index contributed by atoms with van der Waals surface area (Å²) in [6, 6.07) is 3.64. The van der Waals surface area contributed by atoms with Gasteiger partial charge in [0.1, 0.15) is 6.61 Å². The number of ether oxygens (including phenoxy) is 2. The Hall–Kier alpha value is -1.55. The standard InChI is InChI=1S/C13H18O4/c1-3-10-7-11(9-15)13(17-6-5-14)12(8-10)16-4-2/h7-9,14H,3-6H2,1-2H3. The SMILES string of the molecule is CCOc1cc(CC)cc(C=O)c1OCCO. The molecule has 0 saturated heterocycles. The van der Waals surface area contributed by atoms with Crippen LogP contribution in [0.2, 0.25) is 0 Å². The van der Waals surface area contributed by atoms with Crippen LogP contribution in [-0.2, 0) is 6.42 Å². The van der Waals surface area contributed by atoms with E-state index >= 15 is 0 Å². The predicted molar refractivity (Wildman–Crippen MR) is 65.0 cm³/mol. The average Bonchev–Trinajstić information content (AvgIpc) is 2.36. The summed E-state index contributed by atoms with van der Waals surface area (Å²) in [5, 5.41) is 8.76. The molecule has 1 N–H and O–H groups in total. The number of carbonyl (C=O) groups excluding carboxylic acids is 1. The normalized spacial score (nSPS) is 10.1. The first kappa shape index (κ1) is 13.5. The highest BCUT2D eigenvalue weighted by Gasteiger charge is 2.12. The third kappa shape index (κ3) is 3.46. The van der Waals surface area contributed by atoms with Crippen LogP contribution in [0, 0.1) is 0 Å². The summed E-state index contributed by atoms with van der Waals surface area (Å²) in [6.07, 6.45) is 1.57. The lowest BCUT2D eigenvalue weighted by atomic mass is 10.1. The van der Waals surface area contributed by atoms with E-state index in [0.717, 1.165) is 18.3 Å². The van der Waals surface area contributed by atoms with Gasteiger partial charge in [-0.05, 0) is 31.0 Å². The molecule has 0 amide bonds. The smallest absolute Gasteiger partial charge is 0.171 e. The number of aliphatic hydroxyl groups excluding tert-OH is 1. The molecule has 1 rings (SSSR count). The molecule has 0 aliphatic rings. The van der Waals surface area contributed by atoms with Crippen molar-refractivity contribution < 1.29 is 19.4 Å². The van der Waals surface area contributed by atoms with Crippen LogP contribution in [0.3, 0.4) is 0 Å². The largest absolute Gasteiger partial charge is 0.490 e. The van der Waals surface area contributed by atoms with E-state index in [2.05, 4.69) is 0 Å². The number of rotatable bonds is 7. The molecule has 1 aromatic carbocycles. The quantitative estimate of drug-likeness (QED) is 0.736. The Kier molecular flexibility index (Phi) is 5.49. The zero-order valence-electron chi connectivity index (χ0n) is 10.2. The molecule has 0 unspecified atom stereocenters. The fourth-order valence-electron chi connectivity index (χ4n) is 1.54. The van der Waals surface area contributed by atoms with E-state index in [0.29, 0.717) is 23.7 Å². The van der Waals surface area contributed by atoms with Crippen molar-refractivity contribution in [1.82, 2.24) is 0 Å². The van der Waals surface area contributed by atoms with Gasteiger partial charge in [0, 0.05) is 0 Å². The molecule has 0 atom stereocenters. The number of aliphatic hydroxyl groups is 1. The van der Waals surface area contributed by atoms with E-state index in [9.17, 15) is 4.79 Å². The maximum Gasteiger partial charge on any atom is 0.171 e. The lowest BCUT2D eigenvalue weighted by Gasteiger charge is -2.14. The molecule has 0 aromatic heterocycles. The minimum Gasteiger partial charge on any atom is -0.490 e.